The fourth-order valence-corrected chi connectivity index (χ4v) is 23.1. The van der Waals surface area contributed by atoms with Gasteiger partial charge >= 0.3 is 37.1 Å². The molecular weight excluding hydrogens is 1910 g/mol. The Hall–Kier alpha value is -12.0. The van der Waals surface area contributed by atoms with Crippen molar-refractivity contribution in [2.75, 3.05) is 21.3 Å². The summed E-state index contributed by atoms with van der Waals surface area (Å²) in [5.41, 5.74) is 2.94. The van der Waals surface area contributed by atoms with Gasteiger partial charge in [0.1, 0.15) is 23.2 Å². The number of Topliss-reactive ketones (excluding diaryl/α,β-unsaturated/α-hetero) is 2. The zero-order valence-corrected chi connectivity index (χ0v) is 77.0. The molecule has 0 saturated carbocycles. The van der Waals surface area contributed by atoms with Crippen molar-refractivity contribution in [3.63, 3.8) is 0 Å². The quantitative estimate of drug-likeness (QED) is 0.0629. The Morgan fingerprint density at radius 1 is 0.362 bits per heavy atom. The van der Waals surface area contributed by atoms with Gasteiger partial charge in [0.25, 0.3) is 15.7 Å². The van der Waals surface area contributed by atoms with E-state index >= 15 is 0 Å². The molecule has 0 bridgehead atoms. The molecule has 17 rings (SSSR count). The van der Waals surface area contributed by atoms with E-state index in [-0.39, 0.29) is 88.5 Å². The number of hydrogen-bond donors (Lipinski definition) is 0. The van der Waals surface area contributed by atoms with Gasteiger partial charge in [-0.05, 0) is 272 Å². The topological polar surface area (TPSA) is 149 Å². The third-order valence-corrected chi connectivity index (χ3v) is 29.3. The standard InChI is InChI=1S/2C35H27F7N2O3S.C31H28F7NO2S/c2*1-17-10-19(18(2)45)4-6-25(17)21-13-28(32(47-3)43-16-21)26-7-5-22(34(37,38)39)15-27(26)29-8-9-30-31(48-33(46)44(29)30)20-11-23(35(40,41)42)14-24(36)12-20;1-15(2)21-13-23(27(41-4)14-24(21)32)20-6-5-18(30(33,34)35)12-22(20)25-7-8-26-28(42-29(40)39(25)26)17-9-16(3)10-19(11-17)31(36,37)38/h2*4-7,10-16,29-31H,8-9H2,1-3H3;5-6,9-15,25-26,28H,7-8H2,1-4H3/t2*29-,30-,31+;25-,26-,28+/m000/s1. The van der Waals surface area contributed by atoms with Crippen LogP contribution >= 0.6 is 35.3 Å². The van der Waals surface area contributed by atoms with E-state index in [0.29, 0.717) is 97.3 Å². The maximum atomic E-state index is 14.8. The molecule has 6 fully saturated rings. The first kappa shape index (κ1) is 100. The summed E-state index contributed by atoms with van der Waals surface area (Å²) in [6, 6.07) is 29.8. The van der Waals surface area contributed by atoms with Gasteiger partial charge in [-0.3, -0.25) is 24.0 Å². The monoisotopic (exact) mass is 1990 g/mol. The van der Waals surface area contributed by atoms with Crippen molar-refractivity contribution in [2.45, 2.75) is 182 Å². The van der Waals surface area contributed by atoms with Crippen LogP contribution in [0.3, 0.4) is 0 Å². The number of halogens is 21. The van der Waals surface area contributed by atoms with E-state index in [1.165, 1.54) is 74.1 Å². The van der Waals surface area contributed by atoms with Crippen molar-refractivity contribution in [1.82, 2.24) is 24.7 Å². The van der Waals surface area contributed by atoms with Crippen LogP contribution in [-0.2, 0) is 37.1 Å². The van der Waals surface area contributed by atoms with E-state index in [1.54, 1.807) is 93.8 Å². The number of methoxy groups -OCH3 is 3. The molecule has 6 aliphatic rings. The van der Waals surface area contributed by atoms with Crippen LogP contribution in [-0.4, -0.2) is 91.4 Å². The van der Waals surface area contributed by atoms with Crippen LogP contribution in [0.5, 0.6) is 17.5 Å². The molecule has 13 nitrogen and oxygen atoms in total. The summed E-state index contributed by atoms with van der Waals surface area (Å²) in [7, 11) is 4.07. The number of amides is 3. The molecule has 0 unspecified atom stereocenters. The molecule has 0 N–H and O–H groups in total. The van der Waals surface area contributed by atoms with E-state index in [4.69, 9.17) is 14.2 Å². The highest BCUT2D eigenvalue weighted by atomic mass is 32.2. The van der Waals surface area contributed by atoms with Crippen molar-refractivity contribution in [3.05, 3.63) is 300 Å². The lowest BCUT2D eigenvalue weighted by Crippen LogP contribution is -2.31. The SMILES string of the molecule is COc1cc(F)c(C(C)C)cc1-c1ccc(C(F)(F)F)cc1[C@@H]1CC[C@H]2[C@@H](c3cc(C)cc(C(F)(F)F)c3)SC(=O)N12.COc1ncc(-c2ccc(C(C)=O)cc2C)cc1-c1ccc(C(F)(F)F)cc1[C@@H]1CC[C@H]2[C@@H](c3cc(F)cc(C(F)(F)F)c3)SC(=O)N12.COc1ncc(-c2ccc(C(C)=O)cc2C)cc1-c1ccc(C(F)(F)F)cc1[C@@H]1CC[C@H]2[C@@H](c3cc(F)cc(C(F)(F)F)c3)SC(=O)N12. The van der Waals surface area contributed by atoms with Crippen LogP contribution in [0.25, 0.3) is 55.6 Å². The van der Waals surface area contributed by atoms with Gasteiger partial charge in [-0.2, -0.15) is 79.0 Å². The summed E-state index contributed by atoms with van der Waals surface area (Å²) in [6.45, 7) is 11.7. The molecule has 9 aromatic carbocycles. The molecule has 0 radical (unpaired) electrons. The minimum atomic E-state index is -4.81. The normalized spacial score (nSPS) is 19.9. The molecule has 0 spiro atoms. The number of ether oxygens (including phenoxy) is 3. The molecule has 8 heterocycles. The number of hydrogen-bond acceptors (Lipinski definition) is 13. The molecule has 6 saturated heterocycles. The van der Waals surface area contributed by atoms with Gasteiger partial charge in [-0.1, -0.05) is 103 Å². The van der Waals surface area contributed by atoms with Gasteiger partial charge in [0.15, 0.2) is 11.6 Å². The molecule has 724 valence electrons. The predicted octanol–water partition coefficient (Wildman–Crippen LogP) is 30.5. The van der Waals surface area contributed by atoms with Crippen molar-refractivity contribution < 1.29 is 130 Å². The zero-order chi connectivity index (χ0) is 100. The fourth-order valence-electron chi connectivity index (χ4n) is 19.2. The van der Waals surface area contributed by atoms with Crippen molar-refractivity contribution in [3.8, 4) is 73.1 Å². The molecule has 11 aromatic rings. The summed E-state index contributed by atoms with van der Waals surface area (Å²) in [5, 5.41) is -3.84. The second-order valence-electron chi connectivity index (χ2n) is 34.7. The molecule has 3 amide bonds. The number of ketones is 2. The first-order valence-corrected chi connectivity index (χ1v) is 45.6. The molecule has 9 atom stereocenters. The van der Waals surface area contributed by atoms with Crippen LogP contribution in [0.2, 0.25) is 0 Å². The Labute approximate surface area is 789 Å². The Morgan fingerprint density at radius 2 is 0.688 bits per heavy atom. The second-order valence-corrected chi connectivity index (χ2v) is 37.9. The highest BCUT2D eigenvalue weighted by Crippen LogP contribution is 2.61. The number of aryl methyl sites for hydroxylation is 3. The van der Waals surface area contributed by atoms with Gasteiger partial charge in [-0.25, -0.2) is 23.1 Å². The summed E-state index contributed by atoms with van der Waals surface area (Å²) in [4.78, 5) is 77.4. The van der Waals surface area contributed by atoms with Crippen LogP contribution in [0.4, 0.5) is 107 Å². The lowest BCUT2D eigenvalue weighted by atomic mass is 9.89. The average molecular weight is 1990 g/mol. The van der Waals surface area contributed by atoms with E-state index in [0.717, 1.165) is 130 Å². The average Bonchev–Trinajstić information content (AvgIpc) is 1.58. The number of fused-ring (bicyclic) bond motifs is 3. The number of rotatable bonds is 17. The molecule has 0 aliphatic carbocycles. The maximum absolute atomic E-state index is 14.8. The first-order chi connectivity index (χ1) is 64.7. The van der Waals surface area contributed by atoms with Gasteiger partial charge < -0.3 is 28.9 Å². The van der Waals surface area contributed by atoms with E-state index in [2.05, 4.69) is 9.97 Å². The van der Waals surface area contributed by atoms with Crippen LogP contribution in [0.1, 0.15) is 216 Å². The summed E-state index contributed by atoms with van der Waals surface area (Å²) >= 11 is 2.35. The van der Waals surface area contributed by atoms with Crippen LogP contribution in [0.15, 0.2) is 182 Å². The number of carbonyl (C=O) groups excluding carboxylic acids is 5. The van der Waals surface area contributed by atoms with E-state index < -0.39 is 156 Å². The number of nitrogens with zero attached hydrogens (tertiary/aromatic N) is 5. The first-order valence-electron chi connectivity index (χ1n) is 43.0. The van der Waals surface area contributed by atoms with Crippen molar-refractivity contribution in [2.24, 2.45) is 0 Å². The number of thioether (sulfide) groups is 3. The van der Waals surface area contributed by atoms with Crippen molar-refractivity contribution in [1.29, 1.82) is 0 Å². The smallest absolute Gasteiger partial charge is 0.416 e. The molecule has 2 aromatic heterocycles. The largest absolute Gasteiger partial charge is 0.496 e. The van der Waals surface area contributed by atoms with Crippen LogP contribution in [0, 0.1) is 38.2 Å². The molecular formula is C101H82F21N5O8S3. The fraction of sp³-hybridized carbons (Fsp3) is 0.317. The van der Waals surface area contributed by atoms with Gasteiger partial charge in [0.05, 0.1) is 88.6 Å². The number of alkyl halides is 18. The lowest BCUT2D eigenvalue weighted by molar-refractivity contribution is -0.138. The lowest BCUT2D eigenvalue weighted by Gasteiger charge is -2.28. The minimum Gasteiger partial charge on any atom is -0.496 e. The second kappa shape index (κ2) is 38.3. The number of aromatic nitrogens is 2. The Kier molecular flexibility index (Phi) is 27.9. The summed E-state index contributed by atoms with van der Waals surface area (Å²) < 4.78 is 308. The van der Waals surface area contributed by atoms with Crippen LogP contribution < -0.4 is 14.2 Å². The maximum Gasteiger partial charge on any atom is 0.416 e. The Balaban J connectivity index is 0.000000157. The molecule has 138 heavy (non-hydrogen) atoms. The van der Waals surface area contributed by atoms with Gasteiger partial charge in [0, 0.05) is 75.5 Å². The third kappa shape index (κ3) is 20.3. The Bertz CT molecular complexity index is 6380. The Morgan fingerprint density at radius 3 is 1.00 bits per heavy atom. The van der Waals surface area contributed by atoms with E-state index in [1.807, 2.05) is 13.8 Å². The summed E-state index contributed by atoms with van der Waals surface area (Å²) in [6.07, 6.45) is -23.6. The summed E-state index contributed by atoms with van der Waals surface area (Å²) in [5.74, 6) is -2.80. The minimum absolute atomic E-state index is 0.0252. The molecule has 6 aliphatic heterocycles. The highest BCUT2D eigenvalue weighted by molar-refractivity contribution is 8.14. The van der Waals surface area contributed by atoms with Crippen molar-refractivity contribution >= 4 is 62.6 Å². The molecule has 37 heteroatoms. The van der Waals surface area contributed by atoms with Gasteiger partial charge in [0.2, 0.25) is 11.8 Å². The third-order valence-electron chi connectivity index (χ3n) is 25.6. The number of carbonyl (C=O) groups is 5. The number of pyridine rings is 2. The zero-order valence-electron chi connectivity index (χ0n) is 74.5. The predicted molar refractivity (Wildman–Crippen MR) is 479 cm³/mol. The highest BCUT2D eigenvalue weighted by Gasteiger charge is 2.55. The van der Waals surface area contributed by atoms with E-state index in [9.17, 15) is 116 Å². The van der Waals surface area contributed by atoms with Gasteiger partial charge in [-0.15, -0.1) is 0 Å². The number of benzene rings is 9.